The Hall–Kier alpha value is -2.27. The number of hydrogen-bond acceptors (Lipinski definition) is 7. The first kappa shape index (κ1) is 20.5. The van der Waals surface area contributed by atoms with Crippen molar-refractivity contribution in [1.82, 2.24) is 29.4 Å². The Morgan fingerprint density at radius 2 is 2.04 bits per heavy atom. The van der Waals surface area contributed by atoms with Crippen molar-refractivity contribution >= 4 is 27.4 Å². The fourth-order valence-corrected chi connectivity index (χ4v) is 3.71. The molecular weight excluding hydrogens is 382 g/mol. The Morgan fingerprint density at radius 1 is 1.18 bits per heavy atom. The molecule has 2 aromatic heterocycles. The van der Waals surface area contributed by atoms with E-state index >= 15 is 0 Å². The number of piperidine rings is 1. The maximum absolute atomic E-state index is 11.8. The molecule has 3 heterocycles. The first-order valence-electron chi connectivity index (χ1n) is 9.69. The molecule has 0 atom stereocenters. The largest absolute Gasteiger partial charge is 0.369 e. The topological polar surface area (TPSA) is 122 Å². The van der Waals surface area contributed by atoms with Crippen molar-refractivity contribution < 1.29 is 13.2 Å². The molecule has 28 heavy (non-hydrogen) atoms. The molecule has 2 N–H and O–H groups in total. The summed E-state index contributed by atoms with van der Waals surface area (Å²) in [6.45, 7) is 4.16. The monoisotopic (exact) mass is 409 g/mol. The molecule has 3 rings (SSSR count). The van der Waals surface area contributed by atoms with Crippen LogP contribution in [-0.4, -0.2) is 71.0 Å². The van der Waals surface area contributed by atoms with Gasteiger partial charge in [-0.05, 0) is 38.3 Å². The SMILES string of the molecule is CCS(=O)(=O)NCCc1nnc2ccc(NCCCN3CCCCC3=O)nn12. The number of carbonyl (C=O) groups is 1. The van der Waals surface area contributed by atoms with Crippen LogP contribution in [-0.2, 0) is 21.2 Å². The number of nitrogens with one attached hydrogen (secondary N) is 2. The third-order valence-corrected chi connectivity index (χ3v) is 6.11. The van der Waals surface area contributed by atoms with Crippen molar-refractivity contribution in [1.29, 1.82) is 0 Å². The first-order valence-corrected chi connectivity index (χ1v) is 11.3. The molecule has 1 aliphatic heterocycles. The summed E-state index contributed by atoms with van der Waals surface area (Å²) in [7, 11) is -3.23. The lowest BCUT2D eigenvalue weighted by Gasteiger charge is -2.26. The summed E-state index contributed by atoms with van der Waals surface area (Å²) in [5, 5.41) is 15.9. The molecule has 0 aliphatic carbocycles. The Bertz CT molecular complexity index is 913. The van der Waals surface area contributed by atoms with E-state index in [-0.39, 0.29) is 18.2 Å². The van der Waals surface area contributed by atoms with Crippen molar-refractivity contribution in [3.8, 4) is 0 Å². The van der Waals surface area contributed by atoms with E-state index < -0.39 is 10.0 Å². The minimum absolute atomic E-state index is 0.0446. The van der Waals surface area contributed by atoms with E-state index in [1.807, 2.05) is 17.0 Å². The summed E-state index contributed by atoms with van der Waals surface area (Å²) in [5.74, 6) is 1.57. The van der Waals surface area contributed by atoms with Crippen LogP contribution in [0.25, 0.3) is 5.65 Å². The Labute approximate surface area is 164 Å². The van der Waals surface area contributed by atoms with Gasteiger partial charge in [0.15, 0.2) is 11.5 Å². The molecule has 0 saturated carbocycles. The fraction of sp³-hybridized carbons (Fsp3) is 0.647. The molecule has 11 heteroatoms. The van der Waals surface area contributed by atoms with Gasteiger partial charge in [-0.25, -0.2) is 13.1 Å². The van der Waals surface area contributed by atoms with Gasteiger partial charge in [0.25, 0.3) is 0 Å². The maximum Gasteiger partial charge on any atom is 0.222 e. The predicted molar refractivity (Wildman–Crippen MR) is 105 cm³/mol. The quantitative estimate of drug-likeness (QED) is 0.545. The number of likely N-dealkylation sites (tertiary alicyclic amines) is 1. The molecule has 154 valence electrons. The highest BCUT2D eigenvalue weighted by Gasteiger charge is 2.17. The van der Waals surface area contributed by atoms with Gasteiger partial charge in [-0.1, -0.05) is 0 Å². The lowest BCUT2D eigenvalue weighted by Crippen LogP contribution is -2.36. The number of amides is 1. The van der Waals surface area contributed by atoms with Crippen LogP contribution in [0.5, 0.6) is 0 Å². The summed E-state index contributed by atoms with van der Waals surface area (Å²) in [4.78, 5) is 13.7. The lowest BCUT2D eigenvalue weighted by molar-refractivity contribution is -0.133. The van der Waals surface area contributed by atoms with Crippen molar-refractivity contribution in [2.75, 3.05) is 37.2 Å². The number of carbonyl (C=O) groups excluding carboxylic acids is 1. The van der Waals surface area contributed by atoms with E-state index in [1.165, 1.54) is 0 Å². The molecule has 0 bridgehead atoms. The molecule has 0 aromatic carbocycles. The van der Waals surface area contributed by atoms with Crippen molar-refractivity contribution in [3.05, 3.63) is 18.0 Å². The third kappa shape index (κ3) is 5.38. The highest BCUT2D eigenvalue weighted by atomic mass is 32.2. The lowest BCUT2D eigenvalue weighted by atomic mass is 10.1. The summed E-state index contributed by atoms with van der Waals surface area (Å²) >= 11 is 0. The molecule has 10 nitrogen and oxygen atoms in total. The van der Waals surface area contributed by atoms with Gasteiger partial charge < -0.3 is 10.2 Å². The van der Waals surface area contributed by atoms with Crippen LogP contribution in [0, 0.1) is 0 Å². The molecule has 1 amide bonds. The van der Waals surface area contributed by atoms with Gasteiger partial charge >= 0.3 is 0 Å². The molecule has 0 unspecified atom stereocenters. The van der Waals surface area contributed by atoms with Crippen LogP contribution >= 0.6 is 0 Å². The second-order valence-corrected chi connectivity index (χ2v) is 8.87. The van der Waals surface area contributed by atoms with Crippen LogP contribution in [0.15, 0.2) is 12.1 Å². The van der Waals surface area contributed by atoms with Crippen LogP contribution in [0.1, 0.15) is 38.4 Å². The van der Waals surface area contributed by atoms with Gasteiger partial charge in [0.05, 0.1) is 5.75 Å². The average Bonchev–Trinajstić information content (AvgIpc) is 3.09. The van der Waals surface area contributed by atoms with Gasteiger partial charge in [0.1, 0.15) is 5.82 Å². The highest BCUT2D eigenvalue weighted by molar-refractivity contribution is 7.89. The van der Waals surface area contributed by atoms with Crippen LogP contribution in [0.3, 0.4) is 0 Å². The molecular formula is C17H27N7O3S. The summed E-state index contributed by atoms with van der Waals surface area (Å²) in [5.41, 5.74) is 0.609. The zero-order valence-electron chi connectivity index (χ0n) is 16.1. The first-order chi connectivity index (χ1) is 13.5. The molecule has 0 spiro atoms. The Kier molecular flexibility index (Phi) is 6.79. The molecule has 2 aromatic rings. The molecule has 1 fully saturated rings. The number of anilines is 1. The predicted octanol–water partition coefficient (Wildman–Crippen LogP) is 0.421. The minimum Gasteiger partial charge on any atom is -0.369 e. The average molecular weight is 410 g/mol. The summed E-state index contributed by atoms with van der Waals surface area (Å²) in [6.07, 6.45) is 3.99. The zero-order valence-corrected chi connectivity index (χ0v) is 16.9. The van der Waals surface area contributed by atoms with Gasteiger partial charge in [0.2, 0.25) is 15.9 Å². The van der Waals surface area contributed by atoms with Gasteiger partial charge in [0, 0.05) is 39.0 Å². The van der Waals surface area contributed by atoms with E-state index in [0.717, 1.165) is 32.4 Å². The van der Waals surface area contributed by atoms with E-state index in [4.69, 9.17) is 0 Å². The number of sulfonamides is 1. The third-order valence-electron chi connectivity index (χ3n) is 4.71. The van der Waals surface area contributed by atoms with E-state index in [1.54, 1.807) is 11.4 Å². The summed E-state index contributed by atoms with van der Waals surface area (Å²) < 4.78 is 27.2. The Balaban J connectivity index is 1.52. The maximum atomic E-state index is 11.8. The van der Waals surface area contributed by atoms with E-state index in [0.29, 0.717) is 36.7 Å². The minimum atomic E-state index is -3.23. The van der Waals surface area contributed by atoms with Gasteiger partial charge in [-0.2, -0.15) is 4.52 Å². The normalized spacial score (nSPS) is 15.3. The summed E-state index contributed by atoms with van der Waals surface area (Å²) in [6, 6.07) is 3.65. The molecule has 0 radical (unpaired) electrons. The second-order valence-electron chi connectivity index (χ2n) is 6.77. The van der Waals surface area contributed by atoms with Crippen molar-refractivity contribution in [2.24, 2.45) is 0 Å². The van der Waals surface area contributed by atoms with Crippen molar-refractivity contribution in [2.45, 2.75) is 39.0 Å². The van der Waals surface area contributed by atoms with E-state index in [9.17, 15) is 13.2 Å². The highest BCUT2D eigenvalue weighted by Crippen LogP contribution is 2.11. The smallest absolute Gasteiger partial charge is 0.222 e. The standard InChI is InChI=1S/C17H27N7O3S/c1-2-28(26,27)19-11-9-16-21-20-15-8-7-14(22-24(15)16)18-10-5-13-23-12-4-3-6-17(23)25/h7-8,19H,2-6,9-13H2,1H3,(H,18,22). The van der Waals surface area contributed by atoms with Crippen LogP contribution in [0.2, 0.25) is 0 Å². The number of nitrogens with zero attached hydrogens (tertiary/aromatic N) is 5. The number of hydrogen-bond donors (Lipinski definition) is 2. The van der Waals surface area contributed by atoms with Gasteiger partial charge in [-0.3, -0.25) is 4.79 Å². The van der Waals surface area contributed by atoms with Gasteiger partial charge in [-0.15, -0.1) is 15.3 Å². The fourth-order valence-electron chi connectivity index (χ4n) is 3.09. The van der Waals surface area contributed by atoms with Crippen LogP contribution in [0.4, 0.5) is 5.82 Å². The van der Waals surface area contributed by atoms with E-state index in [2.05, 4.69) is 25.3 Å². The zero-order chi connectivity index (χ0) is 20.0. The Morgan fingerprint density at radius 3 is 2.82 bits per heavy atom. The number of rotatable bonds is 10. The number of fused-ring (bicyclic) bond motifs is 1. The number of aromatic nitrogens is 4. The van der Waals surface area contributed by atoms with Crippen molar-refractivity contribution in [3.63, 3.8) is 0 Å². The molecule has 1 aliphatic rings. The van der Waals surface area contributed by atoms with Crippen LogP contribution < -0.4 is 10.0 Å². The molecule has 1 saturated heterocycles. The second kappa shape index (κ2) is 9.28.